The monoisotopic (exact) mass is 268 g/mol. The molecule has 0 spiro atoms. The molecule has 3 atom stereocenters. The molecule has 3 unspecified atom stereocenters. The number of hydrogen-bond acceptors (Lipinski definition) is 3. The molecule has 2 fully saturated rings. The SMILES string of the molecule is CCC(C)N1C2CCC1CN(C(=O)OC(C)(C)C)C2. The number of piperazine rings is 1. The van der Waals surface area contributed by atoms with Crippen LogP contribution in [0.25, 0.3) is 0 Å². The molecular formula is C15H28N2O2. The zero-order chi connectivity index (χ0) is 14.2. The molecule has 2 heterocycles. The minimum absolute atomic E-state index is 0.145. The lowest BCUT2D eigenvalue weighted by Crippen LogP contribution is -2.58. The summed E-state index contributed by atoms with van der Waals surface area (Å²) in [6.07, 6.45) is 3.47. The number of nitrogens with zero attached hydrogens (tertiary/aromatic N) is 2. The summed E-state index contributed by atoms with van der Waals surface area (Å²) in [7, 11) is 0. The van der Waals surface area contributed by atoms with Crippen LogP contribution >= 0.6 is 0 Å². The van der Waals surface area contributed by atoms with Gasteiger partial charge in [0.2, 0.25) is 0 Å². The summed E-state index contributed by atoms with van der Waals surface area (Å²) in [5, 5.41) is 0. The highest BCUT2D eigenvalue weighted by Gasteiger charge is 2.43. The summed E-state index contributed by atoms with van der Waals surface area (Å²) in [6, 6.07) is 1.68. The van der Waals surface area contributed by atoms with E-state index in [0.29, 0.717) is 18.1 Å². The van der Waals surface area contributed by atoms with Crippen LogP contribution in [0.4, 0.5) is 4.79 Å². The van der Waals surface area contributed by atoms with Gasteiger partial charge in [0.15, 0.2) is 0 Å². The highest BCUT2D eigenvalue weighted by atomic mass is 16.6. The molecule has 19 heavy (non-hydrogen) atoms. The van der Waals surface area contributed by atoms with Gasteiger partial charge in [-0.15, -0.1) is 0 Å². The Hall–Kier alpha value is -0.770. The van der Waals surface area contributed by atoms with Crippen LogP contribution < -0.4 is 0 Å². The van der Waals surface area contributed by atoms with E-state index in [1.54, 1.807) is 0 Å². The van der Waals surface area contributed by atoms with Crippen molar-refractivity contribution in [2.45, 2.75) is 77.6 Å². The van der Waals surface area contributed by atoms with Crippen molar-refractivity contribution >= 4 is 6.09 Å². The molecule has 110 valence electrons. The van der Waals surface area contributed by atoms with Crippen LogP contribution in [-0.4, -0.2) is 52.7 Å². The van der Waals surface area contributed by atoms with Crippen molar-refractivity contribution in [3.63, 3.8) is 0 Å². The van der Waals surface area contributed by atoms with Crippen molar-refractivity contribution in [1.82, 2.24) is 9.80 Å². The molecule has 0 aliphatic carbocycles. The van der Waals surface area contributed by atoms with E-state index in [4.69, 9.17) is 4.74 Å². The van der Waals surface area contributed by atoms with E-state index in [1.165, 1.54) is 19.3 Å². The fourth-order valence-electron chi connectivity index (χ4n) is 3.34. The number of amides is 1. The van der Waals surface area contributed by atoms with Crippen LogP contribution in [0.1, 0.15) is 53.9 Å². The van der Waals surface area contributed by atoms with Gasteiger partial charge in [0.25, 0.3) is 0 Å². The molecule has 2 bridgehead atoms. The first-order valence-corrected chi connectivity index (χ1v) is 7.57. The maximum Gasteiger partial charge on any atom is 0.410 e. The predicted molar refractivity (Wildman–Crippen MR) is 76.2 cm³/mol. The van der Waals surface area contributed by atoms with E-state index < -0.39 is 5.60 Å². The number of likely N-dealkylation sites (tertiary alicyclic amines) is 1. The smallest absolute Gasteiger partial charge is 0.410 e. The number of fused-ring (bicyclic) bond motifs is 2. The molecule has 4 heteroatoms. The van der Waals surface area contributed by atoms with Gasteiger partial charge in [-0.05, 0) is 47.0 Å². The fraction of sp³-hybridized carbons (Fsp3) is 0.933. The van der Waals surface area contributed by atoms with E-state index in [2.05, 4.69) is 18.7 Å². The number of carbonyl (C=O) groups is 1. The second kappa shape index (κ2) is 5.31. The zero-order valence-electron chi connectivity index (χ0n) is 13.0. The molecule has 0 aromatic carbocycles. The lowest BCUT2D eigenvalue weighted by molar-refractivity contribution is -0.00679. The van der Waals surface area contributed by atoms with Gasteiger partial charge in [-0.3, -0.25) is 4.90 Å². The zero-order valence-corrected chi connectivity index (χ0v) is 13.0. The minimum atomic E-state index is -0.399. The van der Waals surface area contributed by atoms with Crippen molar-refractivity contribution in [3.8, 4) is 0 Å². The molecule has 0 aromatic rings. The topological polar surface area (TPSA) is 32.8 Å². The normalized spacial score (nSPS) is 29.4. The second-order valence-electron chi connectivity index (χ2n) is 6.97. The minimum Gasteiger partial charge on any atom is -0.444 e. The summed E-state index contributed by atoms with van der Waals surface area (Å²) in [5.74, 6) is 0. The maximum absolute atomic E-state index is 12.2. The van der Waals surface area contributed by atoms with E-state index in [0.717, 1.165) is 13.1 Å². The number of ether oxygens (including phenoxy) is 1. The molecule has 0 N–H and O–H groups in total. The molecule has 0 aromatic heterocycles. The second-order valence-corrected chi connectivity index (χ2v) is 6.97. The molecule has 2 aliphatic rings. The summed E-state index contributed by atoms with van der Waals surface area (Å²) in [6.45, 7) is 12.0. The molecule has 4 nitrogen and oxygen atoms in total. The Balaban J connectivity index is 1.98. The third-order valence-corrected chi connectivity index (χ3v) is 4.29. The van der Waals surface area contributed by atoms with Gasteiger partial charge in [-0.1, -0.05) is 6.92 Å². The van der Waals surface area contributed by atoms with Gasteiger partial charge < -0.3 is 9.64 Å². The highest BCUT2D eigenvalue weighted by Crippen LogP contribution is 2.33. The summed E-state index contributed by atoms with van der Waals surface area (Å²) < 4.78 is 5.49. The third-order valence-electron chi connectivity index (χ3n) is 4.29. The van der Waals surface area contributed by atoms with Crippen LogP contribution in [-0.2, 0) is 4.74 Å². The average Bonchev–Trinajstić information content (AvgIpc) is 2.56. The van der Waals surface area contributed by atoms with E-state index >= 15 is 0 Å². The molecule has 0 radical (unpaired) electrons. The molecular weight excluding hydrogens is 240 g/mol. The van der Waals surface area contributed by atoms with Gasteiger partial charge in [0, 0.05) is 31.2 Å². The fourth-order valence-corrected chi connectivity index (χ4v) is 3.34. The Bertz CT molecular complexity index is 324. The molecule has 0 saturated carbocycles. The van der Waals surface area contributed by atoms with Crippen LogP contribution in [0.2, 0.25) is 0 Å². The van der Waals surface area contributed by atoms with E-state index in [9.17, 15) is 4.79 Å². The van der Waals surface area contributed by atoms with Gasteiger partial charge in [-0.2, -0.15) is 0 Å². The number of hydrogen-bond donors (Lipinski definition) is 0. The first-order valence-electron chi connectivity index (χ1n) is 7.57. The summed E-state index contributed by atoms with van der Waals surface area (Å²) >= 11 is 0. The largest absolute Gasteiger partial charge is 0.444 e. The first kappa shape index (κ1) is 14.6. The molecule has 2 saturated heterocycles. The van der Waals surface area contributed by atoms with Crippen molar-refractivity contribution in [2.75, 3.05) is 13.1 Å². The van der Waals surface area contributed by atoms with Crippen LogP contribution in [0.5, 0.6) is 0 Å². The van der Waals surface area contributed by atoms with Crippen molar-refractivity contribution in [3.05, 3.63) is 0 Å². The summed E-state index contributed by atoms with van der Waals surface area (Å²) in [5.41, 5.74) is -0.399. The Labute approximate surface area is 117 Å². The lowest BCUT2D eigenvalue weighted by atomic mass is 10.1. The van der Waals surface area contributed by atoms with Crippen LogP contribution in [0.3, 0.4) is 0 Å². The van der Waals surface area contributed by atoms with Crippen LogP contribution in [0, 0.1) is 0 Å². The van der Waals surface area contributed by atoms with Gasteiger partial charge in [0.05, 0.1) is 0 Å². The standard InChI is InChI=1S/C15H28N2O2/c1-6-11(2)17-12-7-8-13(17)10-16(9-12)14(18)19-15(3,4)5/h11-13H,6-10H2,1-5H3. The van der Waals surface area contributed by atoms with Crippen molar-refractivity contribution in [2.24, 2.45) is 0 Å². The molecule has 1 amide bonds. The number of carbonyl (C=O) groups excluding carboxylic acids is 1. The summed E-state index contributed by atoms with van der Waals surface area (Å²) in [4.78, 5) is 16.7. The van der Waals surface area contributed by atoms with Crippen LogP contribution in [0.15, 0.2) is 0 Å². The van der Waals surface area contributed by atoms with Gasteiger partial charge in [0.1, 0.15) is 5.60 Å². The quantitative estimate of drug-likeness (QED) is 0.772. The Morgan fingerprint density at radius 1 is 1.26 bits per heavy atom. The Morgan fingerprint density at radius 3 is 2.21 bits per heavy atom. The predicted octanol–water partition coefficient (Wildman–Crippen LogP) is 2.87. The Kier molecular flexibility index (Phi) is 4.09. The van der Waals surface area contributed by atoms with Gasteiger partial charge in [-0.25, -0.2) is 4.79 Å². The van der Waals surface area contributed by atoms with E-state index in [1.807, 2.05) is 25.7 Å². The first-order chi connectivity index (χ1) is 8.81. The van der Waals surface area contributed by atoms with Crippen molar-refractivity contribution < 1.29 is 9.53 Å². The Morgan fingerprint density at radius 2 is 1.79 bits per heavy atom. The van der Waals surface area contributed by atoms with Crippen molar-refractivity contribution in [1.29, 1.82) is 0 Å². The highest BCUT2D eigenvalue weighted by molar-refractivity contribution is 5.68. The maximum atomic E-state index is 12.2. The number of rotatable bonds is 2. The third kappa shape index (κ3) is 3.22. The van der Waals surface area contributed by atoms with E-state index in [-0.39, 0.29) is 6.09 Å². The van der Waals surface area contributed by atoms with Gasteiger partial charge >= 0.3 is 6.09 Å². The lowest BCUT2D eigenvalue weighted by Gasteiger charge is -2.44. The molecule has 2 rings (SSSR count). The molecule has 2 aliphatic heterocycles. The average molecular weight is 268 g/mol.